The Balaban J connectivity index is 1.74. The van der Waals surface area contributed by atoms with Gasteiger partial charge in [-0.05, 0) is 48.1 Å². The van der Waals surface area contributed by atoms with E-state index in [-0.39, 0.29) is 5.91 Å². The first-order chi connectivity index (χ1) is 7.69. The van der Waals surface area contributed by atoms with Crippen molar-refractivity contribution in [2.24, 2.45) is 5.73 Å². The standard InChI is InChI=1S/C12H16N2OS/c13-12(4-5-12)11(15)14(10-1-2-10)7-9-3-6-16-8-9/h3,6,8,10H,1-2,4-5,7,13H2. The van der Waals surface area contributed by atoms with Crippen LogP contribution in [-0.4, -0.2) is 22.4 Å². The summed E-state index contributed by atoms with van der Waals surface area (Å²) in [5, 5.41) is 4.17. The molecule has 0 bridgehead atoms. The van der Waals surface area contributed by atoms with Crippen LogP contribution in [0.2, 0.25) is 0 Å². The second-order valence-electron chi connectivity index (χ2n) is 4.95. The molecule has 16 heavy (non-hydrogen) atoms. The predicted octanol–water partition coefficient (Wildman–Crippen LogP) is 1.73. The molecule has 0 radical (unpaired) electrons. The zero-order chi connectivity index (χ0) is 11.2. The van der Waals surface area contributed by atoms with E-state index in [4.69, 9.17) is 5.73 Å². The van der Waals surface area contributed by atoms with Crippen LogP contribution >= 0.6 is 11.3 Å². The molecular weight excluding hydrogens is 220 g/mol. The van der Waals surface area contributed by atoms with Crippen LogP contribution in [0.4, 0.5) is 0 Å². The lowest BCUT2D eigenvalue weighted by molar-refractivity contribution is -0.134. The molecule has 1 aromatic heterocycles. The number of rotatable bonds is 4. The second-order valence-corrected chi connectivity index (χ2v) is 5.73. The molecule has 3 rings (SSSR count). The molecule has 0 saturated heterocycles. The van der Waals surface area contributed by atoms with Crippen molar-refractivity contribution in [1.82, 2.24) is 4.90 Å². The van der Waals surface area contributed by atoms with E-state index in [0.29, 0.717) is 6.04 Å². The topological polar surface area (TPSA) is 46.3 Å². The first kappa shape index (κ1) is 10.3. The SMILES string of the molecule is NC1(C(=O)N(Cc2ccsc2)C2CC2)CC1. The average Bonchev–Trinajstić information content (AvgIpc) is 3.18. The number of carbonyl (C=O) groups excluding carboxylic acids is 1. The van der Waals surface area contributed by atoms with Gasteiger partial charge in [-0.25, -0.2) is 0 Å². The van der Waals surface area contributed by atoms with Gasteiger partial charge in [-0.3, -0.25) is 4.79 Å². The van der Waals surface area contributed by atoms with Gasteiger partial charge in [0.2, 0.25) is 5.91 Å². The van der Waals surface area contributed by atoms with Crippen LogP contribution in [0.1, 0.15) is 31.2 Å². The molecule has 1 amide bonds. The van der Waals surface area contributed by atoms with Gasteiger partial charge >= 0.3 is 0 Å². The highest BCUT2D eigenvalue weighted by atomic mass is 32.1. The van der Waals surface area contributed by atoms with Crippen molar-refractivity contribution in [3.63, 3.8) is 0 Å². The summed E-state index contributed by atoms with van der Waals surface area (Å²) in [6.07, 6.45) is 4.01. The monoisotopic (exact) mass is 236 g/mol. The maximum absolute atomic E-state index is 12.2. The normalized spacial score (nSPS) is 21.8. The molecule has 86 valence electrons. The minimum Gasteiger partial charge on any atom is -0.334 e. The van der Waals surface area contributed by atoms with Crippen LogP contribution in [0, 0.1) is 0 Å². The lowest BCUT2D eigenvalue weighted by Crippen LogP contribution is -2.46. The summed E-state index contributed by atoms with van der Waals surface area (Å²) in [5.74, 6) is 0.168. The highest BCUT2D eigenvalue weighted by Crippen LogP contribution is 2.38. The van der Waals surface area contributed by atoms with Gasteiger partial charge in [0.1, 0.15) is 0 Å². The number of hydrogen-bond acceptors (Lipinski definition) is 3. The smallest absolute Gasteiger partial charge is 0.243 e. The summed E-state index contributed by atoms with van der Waals surface area (Å²) in [6.45, 7) is 0.742. The lowest BCUT2D eigenvalue weighted by Gasteiger charge is -2.25. The van der Waals surface area contributed by atoms with E-state index in [1.54, 1.807) is 11.3 Å². The first-order valence-electron chi connectivity index (χ1n) is 5.80. The number of amides is 1. The fourth-order valence-corrected chi connectivity index (χ4v) is 2.63. The molecule has 4 heteroatoms. The van der Waals surface area contributed by atoms with Gasteiger partial charge in [-0.15, -0.1) is 0 Å². The maximum atomic E-state index is 12.2. The number of thiophene rings is 1. The molecule has 0 spiro atoms. The zero-order valence-electron chi connectivity index (χ0n) is 9.19. The molecular formula is C12H16N2OS. The van der Waals surface area contributed by atoms with Crippen LogP contribution in [0.15, 0.2) is 16.8 Å². The Labute approximate surface area is 99.2 Å². The molecule has 1 heterocycles. The molecule has 2 N–H and O–H groups in total. The van der Waals surface area contributed by atoms with Gasteiger partial charge in [-0.1, -0.05) is 0 Å². The average molecular weight is 236 g/mol. The van der Waals surface area contributed by atoms with Crippen molar-refractivity contribution < 1.29 is 4.79 Å². The third-order valence-electron chi connectivity index (χ3n) is 3.40. The number of nitrogens with zero attached hydrogens (tertiary/aromatic N) is 1. The van der Waals surface area contributed by atoms with E-state index < -0.39 is 5.54 Å². The van der Waals surface area contributed by atoms with Crippen molar-refractivity contribution in [3.05, 3.63) is 22.4 Å². The van der Waals surface area contributed by atoms with E-state index >= 15 is 0 Å². The van der Waals surface area contributed by atoms with Gasteiger partial charge in [0, 0.05) is 12.6 Å². The largest absolute Gasteiger partial charge is 0.334 e. The molecule has 2 aliphatic carbocycles. The van der Waals surface area contributed by atoms with Gasteiger partial charge in [0.15, 0.2) is 0 Å². The summed E-state index contributed by atoms with van der Waals surface area (Å²) in [6, 6.07) is 2.54. The summed E-state index contributed by atoms with van der Waals surface area (Å²) in [5.41, 5.74) is 6.71. The van der Waals surface area contributed by atoms with E-state index in [9.17, 15) is 4.79 Å². The first-order valence-corrected chi connectivity index (χ1v) is 6.74. The van der Waals surface area contributed by atoms with Crippen molar-refractivity contribution in [1.29, 1.82) is 0 Å². The minimum absolute atomic E-state index is 0.168. The van der Waals surface area contributed by atoms with Gasteiger partial charge in [-0.2, -0.15) is 11.3 Å². The van der Waals surface area contributed by atoms with E-state index in [0.717, 1.165) is 32.2 Å². The third-order valence-corrected chi connectivity index (χ3v) is 4.13. The third kappa shape index (κ3) is 1.87. The highest BCUT2D eigenvalue weighted by molar-refractivity contribution is 7.07. The van der Waals surface area contributed by atoms with Crippen molar-refractivity contribution in [2.45, 2.75) is 43.8 Å². The van der Waals surface area contributed by atoms with Crippen molar-refractivity contribution in [3.8, 4) is 0 Å². The quantitative estimate of drug-likeness (QED) is 0.865. The lowest BCUT2D eigenvalue weighted by atomic mass is 10.2. The van der Waals surface area contributed by atoms with Crippen LogP contribution in [0.5, 0.6) is 0 Å². The second kappa shape index (κ2) is 3.57. The molecule has 2 saturated carbocycles. The fourth-order valence-electron chi connectivity index (χ4n) is 1.97. The van der Waals surface area contributed by atoms with E-state index in [1.807, 2.05) is 4.90 Å². The van der Waals surface area contributed by atoms with Gasteiger partial charge in [0.05, 0.1) is 5.54 Å². The number of nitrogens with two attached hydrogens (primary N) is 1. The van der Waals surface area contributed by atoms with Crippen molar-refractivity contribution in [2.75, 3.05) is 0 Å². The Kier molecular flexibility index (Phi) is 2.30. The predicted molar refractivity (Wildman–Crippen MR) is 64.0 cm³/mol. The summed E-state index contributed by atoms with van der Waals surface area (Å²) < 4.78 is 0. The fraction of sp³-hybridized carbons (Fsp3) is 0.583. The molecule has 0 aliphatic heterocycles. The Morgan fingerprint density at radius 3 is 2.81 bits per heavy atom. The Morgan fingerprint density at radius 2 is 2.31 bits per heavy atom. The van der Waals surface area contributed by atoms with Crippen LogP contribution in [0.3, 0.4) is 0 Å². The van der Waals surface area contributed by atoms with Gasteiger partial charge < -0.3 is 10.6 Å². The van der Waals surface area contributed by atoms with Crippen LogP contribution < -0.4 is 5.73 Å². The summed E-state index contributed by atoms with van der Waals surface area (Å²) >= 11 is 1.68. The minimum atomic E-state index is -0.515. The zero-order valence-corrected chi connectivity index (χ0v) is 10.0. The molecule has 0 atom stereocenters. The molecule has 0 unspecified atom stereocenters. The van der Waals surface area contributed by atoms with E-state index in [1.165, 1.54) is 5.56 Å². The Morgan fingerprint density at radius 1 is 1.56 bits per heavy atom. The molecule has 3 nitrogen and oxygen atoms in total. The van der Waals surface area contributed by atoms with Crippen LogP contribution in [0.25, 0.3) is 0 Å². The van der Waals surface area contributed by atoms with Crippen LogP contribution in [-0.2, 0) is 11.3 Å². The molecule has 0 aromatic carbocycles. The summed E-state index contributed by atoms with van der Waals surface area (Å²) in [7, 11) is 0. The molecule has 2 fully saturated rings. The number of hydrogen-bond donors (Lipinski definition) is 1. The van der Waals surface area contributed by atoms with Crippen molar-refractivity contribution >= 4 is 17.2 Å². The maximum Gasteiger partial charge on any atom is 0.243 e. The summed E-state index contributed by atoms with van der Waals surface area (Å²) in [4.78, 5) is 14.2. The molecule has 2 aliphatic rings. The number of carbonyl (C=O) groups is 1. The molecule has 1 aromatic rings. The Bertz CT molecular complexity index is 393. The Hall–Kier alpha value is -0.870. The highest BCUT2D eigenvalue weighted by Gasteiger charge is 2.50. The van der Waals surface area contributed by atoms with E-state index in [2.05, 4.69) is 16.8 Å². The van der Waals surface area contributed by atoms with Gasteiger partial charge in [0.25, 0.3) is 0 Å².